The van der Waals surface area contributed by atoms with Gasteiger partial charge in [0.25, 0.3) is 0 Å². The van der Waals surface area contributed by atoms with Gasteiger partial charge in [0, 0.05) is 11.8 Å². The van der Waals surface area contributed by atoms with Crippen LogP contribution in [0.3, 0.4) is 0 Å². The lowest BCUT2D eigenvalue weighted by molar-refractivity contribution is 0.918. The molecule has 0 unspecified atom stereocenters. The fraction of sp³-hybridized carbons (Fsp3) is 0.118. The van der Waals surface area contributed by atoms with Gasteiger partial charge in [0.15, 0.2) is 0 Å². The quantitative estimate of drug-likeness (QED) is 0.721. The van der Waals surface area contributed by atoms with Crippen LogP contribution in [0.4, 0.5) is 0 Å². The summed E-state index contributed by atoms with van der Waals surface area (Å²) in [5, 5.41) is 7.45. The van der Waals surface area contributed by atoms with Crippen LogP contribution < -0.4 is 5.73 Å². The Bertz CT molecular complexity index is 811. The molecule has 3 aromatic rings. The van der Waals surface area contributed by atoms with E-state index in [1.165, 1.54) is 6.21 Å². The Balaban J connectivity index is 2.33. The zero-order valence-electron chi connectivity index (χ0n) is 11.7. The number of nitrogens with one attached hydrogen (secondary N) is 1. The van der Waals surface area contributed by atoms with Crippen LogP contribution in [-0.4, -0.2) is 16.2 Å². The van der Waals surface area contributed by atoms with Crippen molar-refractivity contribution in [3.05, 3.63) is 59.8 Å². The molecule has 1 atom stereocenters. The van der Waals surface area contributed by atoms with E-state index in [0.29, 0.717) is 5.69 Å². The topological polar surface area (TPSA) is 75.7 Å². The van der Waals surface area contributed by atoms with Gasteiger partial charge in [-0.05, 0) is 24.6 Å². The van der Waals surface area contributed by atoms with E-state index in [9.17, 15) is 0 Å². The summed E-state index contributed by atoms with van der Waals surface area (Å²) in [5.41, 5.74) is 11.2. The lowest BCUT2D eigenvalue weighted by atomic mass is 10.0. The second-order valence-electron chi connectivity index (χ2n) is 4.95. The highest BCUT2D eigenvalue weighted by Gasteiger charge is 2.16. The van der Waals surface area contributed by atoms with Gasteiger partial charge >= 0.3 is 0 Å². The number of fused-ring (bicyclic) bond motifs is 1. The van der Waals surface area contributed by atoms with E-state index in [4.69, 9.17) is 16.1 Å². The molecule has 0 saturated carbocycles. The third kappa shape index (κ3) is 2.41. The number of para-hydroxylation sites is 2. The molecule has 0 radical (unpaired) electrons. The van der Waals surface area contributed by atoms with Gasteiger partial charge in [0.1, 0.15) is 0 Å². The van der Waals surface area contributed by atoms with Crippen LogP contribution in [-0.2, 0) is 0 Å². The van der Waals surface area contributed by atoms with Crippen LogP contribution in [0.1, 0.15) is 17.3 Å². The Hall–Kier alpha value is -2.59. The van der Waals surface area contributed by atoms with Gasteiger partial charge in [-0.25, -0.2) is 9.97 Å². The monoisotopic (exact) mass is 276 g/mol. The first kappa shape index (κ1) is 13.4. The lowest BCUT2D eigenvalue weighted by Crippen LogP contribution is -2.15. The highest BCUT2D eigenvalue weighted by Crippen LogP contribution is 2.28. The second kappa shape index (κ2) is 5.42. The van der Waals surface area contributed by atoms with Crippen molar-refractivity contribution in [1.29, 1.82) is 5.41 Å². The molecule has 0 spiro atoms. The summed E-state index contributed by atoms with van der Waals surface area (Å²) in [6.45, 7) is 2.03. The molecule has 4 nitrogen and oxygen atoms in total. The standard InChI is InChI=1S/C17H16N4/c1-11-6-2-3-7-12(11)16-17(13(19)10-18)21-15-9-5-4-8-14(15)20-16/h2-10,13,18H,19H2,1H3/t13-/m0/s1. The number of aryl methyl sites for hydroxylation is 1. The van der Waals surface area contributed by atoms with Crippen LogP contribution in [0.15, 0.2) is 48.5 Å². The Morgan fingerprint density at radius 1 is 1.00 bits per heavy atom. The van der Waals surface area contributed by atoms with Crippen LogP contribution in [0.2, 0.25) is 0 Å². The maximum absolute atomic E-state index is 7.45. The fourth-order valence-electron chi connectivity index (χ4n) is 2.36. The Kier molecular flexibility index (Phi) is 3.46. The predicted molar refractivity (Wildman–Crippen MR) is 85.4 cm³/mol. The molecule has 104 valence electrons. The number of aromatic nitrogens is 2. The molecule has 3 N–H and O–H groups in total. The molecule has 0 fully saturated rings. The Morgan fingerprint density at radius 2 is 1.62 bits per heavy atom. The minimum absolute atomic E-state index is 0.559. The summed E-state index contributed by atoms with van der Waals surface area (Å²) in [5.74, 6) is 0. The maximum atomic E-state index is 7.45. The van der Waals surface area contributed by atoms with Crippen LogP contribution in [0, 0.1) is 12.3 Å². The van der Waals surface area contributed by atoms with Gasteiger partial charge < -0.3 is 11.1 Å². The molecule has 21 heavy (non-hydrogen) atoms. The molecule has 0 aliphatic carbocycles. The van der Waals surface area contributed by atoms with Crippen molar-refractivity contribution in [1.82, 2.24) is 9.97 Å². The minimum atomic E-state index is -0.559. The van der Waals surface area contributed by atoms with E-state index < -0.39 is 6.04 Å². The van der Waals surface area contributed by atoms with Gasteiger partial charge in [0.2, 0.25) is 0 Å². The molecule has 2 aromatic carbocycles. The van der Waals surface area contributed by atoms with Crippen LogP contribution in [0.25, 0.3) is 22.3 Å². The smallest absolute Gasteiger partial charge is 0.0948 e. The highest BCUT2D eigenvalue weighted by atomic mass is 14.9. The summed E-state index contributed by atoms with van der Waals surface area (Å²) < 4.78 is 0. The number of hydrogen-bond acceptors (Lipinski definition) is 4. The number of hydrogen-bond donors (Lipinski definition) is 2. The number of nitrogens with two attached hydrogens (primary N) is 1. The molecular weight excluding hydrogens is 260 g/mol. The molecule has 0 amide bonds. The van der Waals surface area contributed by atoms with E-state index >= 15 is 0 Å². The number of nitrogens with zero attached hydrogens (tertiary/aromatic N) is 2. The minimum Gasteiger partial charge on any atom is -0.318 e. The summed E-state index contributed by atoms with van der Waals surface area (Å²) in [6, 6.07) is 15.1. The fourth-order valence-corrected chi connectivity index (χ4v) is 2.36. The molecule has 0 saturated heterocycles. The summed E-state index contributed by atoms with van der Waals surface area (Å²) in [4.78, 5) is 9.35. The zero-order chi connectivity index (χ0) is 14.8. The lowest BCUT2D eigenvalue weighted by Gasteiger charge is -2.14. The van der Waals surface area contributed by atoms with E-state index in [1.807, 2.05) is 55.5 Å². The largest absolute Gasteiger partial charge is 0.318 e. The summed E-state index contributed by atoms with van der Waals surface area (Å²) >= 11 is 0. The number of rotatable bonds is 3. The van der Waals surface area contributed by atoms with Crippen molar-refractivity contribution in [3.8, 4) is 11.3 Å². The first-order valence-corrected chi connectivity index (χ1v) is 6.79. The SMILES string of the molecule is Cc1ccccc1-c1nc2ccccc2nc1[C@@H](N)C=N. The van der Waals surface area contributed by atoms with Gasteiger partial charge in [-0.15, -0.1) is 0 Å². The summed E-state index contributed by atoms with van der Waals surface area (Å²) in [7, 11) is 0. The third-order valence-electron chi connectivity index (χ3n) is 3.49. The normalized spacial score (nSPS) is 12.3. The maximum Gasteiger partial charge on any atom is 0.0948 e. The average molecular weight is 276 g/mol. The van der Waals surface area contributed by atoms with E-state index in [1.54, 1.807) is 0 Å². The first-order chi connectivity index (χ1) is 10.2. The van der Waals surface area contributed by atoms with Gasteiger partial charge in [-0.1, -0.05) is 36.4 Å². The van der Waals surface area contributed by atoms with Gasteiger partial charge in [-0.2, -0.15) is 0 Å². The second-order valence-corrected chi connectivity index (χ2v) is 4.95. The van der Waals surface area contributed by atoms with Gasteiger partial charge in [0.05, 0.1) is 28.5 Å². The van der Waals surface area contributed by atoms with E-state index in [0.717, 1.165) is 27.9 Å². The molecule has 0 bridgehead atoms. The van der Waals surface area contributed by atoms with Crippen molar-refractivity contribution >= 4 is 17.2 Å². The molecule has 0 aliphatic heterocycles. The van der Waals surface area contributed by atoms with Crippen molar-refractivity contribution in [3.63, 3.8) is 0 Å². The predicted octanol–water partition coefficient (Wildman–Crippen LogP) is 3.25. The molecule has 3 rings (SSSR count). The molecule has 1 aromatic heterocycles. The van der Waals surface area contributed by atoms with Crippen molar-refractivity contribution in [2.75, 3.05) is 0 Å². The average Bonchev–Trinajstić information content (AvgIpc) is 2.53. The van der Waals surface area contributed by atoms with Crippen molar-refractivity contribution in [2.24, 2.45) is 5.73 Å². The molecular formula is C17H16N4. The highest BCUT2D eigenvalue weighted by molar-refractivity contribution is 5.81. The van der Waals surface area contributed by atoms with Gasteiger partial charge in [-0.3, -0.25) is 0 Å². The Morgan fingerprint density at radius 3 is 2.29 bits per heavy atom. The summed E-state index contributed by atoms with van der Waals surface area (Å²) in [6.07, 6.45) is 1.20. The van der Waals surface area contributed by atoms with Crippen LogP contribution in [0.5, 0.6) is 0 Å². The number of benzene rings is 2. The first-order valence-electron chi connectivity index (χ1n) is 6.79. The van der Waals surface area contributed by atoms with Crippen LogP contribution >= 0.6 is 0 Å². The Labute approximate surface area is 123 Å². The molecule has 4 heteroatoms. The molecule has 1 heterocycles. The van der Waals surface area contributed by atoms with Crippen molar-refractivity contribution < 1.29 is 0 Å². The molecule has 0 aliphatic rings. The van der Waals surface area contributed by atoms with E-state index in [-0.39, 0.29) is 0 Å². The zero-order valence-corrected chi connectivity index (χ0v) is 11.7. The van der Waals surface area contributed by atoms with Crippen molar-refractivity contribution in [2.45, 2.75) is 13.0 Å². The third-order valence-corrected chi connectivity index (χ3v) is 3.49. The van der Waals surface area contributed by atoms with E-state index in [2.05, 4.69) is 4.98 Å².